The molecule has 106 valence electrons. The maximum absolute atomic E-state index is 13.0. The molecule has 0 radical (unpaired) electrons. The zero-order valence-electron chi connectivity index (χ0n) is 10.9. The number of hydrogen-bond acceptors (Lipinski definition) is 3. The smallest absolute Gasteiger partial charge is 0.262 e. The van der Waals surface area contributed by atoms with E-state index in [-0.39, 0.29) is 4.90 Å². The third-order valence-electron chi connectivity index (χ3n) is 2.84. The molecular formula is C14H15FN2O2S. The van der Waals surface area contributed by atoms with Crippen molar-refractivity contribution in [2.75, 3.05) is 4.72 Å². The summed E-state index contributed by atoms with van der Waals surface area (Å²) in [6, 6.07) is 10.4. The van der Waals surface area contributed by atoms with Crippen LogP contribution in [0.4, 0.5) is 10.1 Å². The van der Waals surface area contributed by atoms with Gasteiger partial charge in [0.1, 0.15) is 5.82 Å². The van der Waals surface area contributed by atoms with Crippen LogP contribution in [0.15, 0.2) is 47.4 Å². The second kappa shape index (κ2) is 5.60. The van der Waals surface area contributed by atoms with Gasteiger partial charge in [0.25, 0.3) is 10.0 Å². The Bertz CT molecular complexity index is 730. The summed E-state index contributed by atoms with van der Waals surface area (Å²) < 4.78 is 40.0. The minimum absolute atomic E-state index is 0.0528. The summed E-state index contributed by atoms with van der Waals surface area (Å²) in [6.07, 6.45) is 0. The largest absolute Gasteiger partial charge is 0.326 e. The van der Waals surface area contributed by atoms with E-state index in [1.165, 1.54) is 12.1 Å². The summed E-state index contributed by atoms with van der Waals surface area (Å²) in [7, 11) is -3.74. The Morgan fingerprint density at radius 1 is 1.20 bits per heavy atom. The van der Waals surface area contributed by atoms with E-state index in [1.54, 1.807) is 31.2 Å². The Morgan fingerprint density at radius 3 is 2.60 bits per heavy atom. The van der Waals surface area contributed by atoms with Crippen LogP contribution < -0.4 is 10.5 Å². The number of nitrogens with one attached hydrogen (secondary N) is 1. The van der Waals surface area contributed by atoms with Gasteiger partial charge in [-0.3, -0.25) is 4.72 Å². The van der Waals surface area contributed by atoms with Crippen LogP contribution >= 0.6 is 0 Å². The van der Waals surface area contributed by atoms with Crippen LogP contribution in [0.25, 0.3) is 0 Å². The van der Waals surface area contributed by atoms with E-state index < -0.39 is 15.8 Å². The van der Waals surface area contributed by atoms with Gasteiger partial charge >= 0.3 is 0 Å². The highest BCUT2D eigenvalue weighted by atomic mass is 32.2. The third-order valence-corrected chi connectivity index (χ3v) is 4.38. The van der Waals surface area contributed by atoms with Gasteiger partial charge in [0.2, 0.25) is 0 Å². The summed E-state index contributed by atoms with van der Waals surface area (Å²) in [5.41, 5.74) is 7.12. The number of anilines is 1. The molecule has 6 heteroatoms. The van der Waals surface area contributed by atoms with Crippen molar-refractivity contribution in [3.63, 3.8) is 0 Å². The van der Waals surface area contributed by atoms with Crippen LogP contribution in [0, 0.1) is 12.7 Å². The number of rotatable bonds is 4. The molecule has 0 aliphatic carbocycles. The molecule has 2 aromatic carbocycles. The van der Waals surface area contributed by atoms with Gasteiger partial charge in [-0.25, -0.2) is 12.8 Å². The lowest BCUT2D eigenvalue weighted by Gasteiger charge is -2.11. The normalized spacial score (nSPS) is 11.3. The standard InChI is InChI=1S/C14H15FN2O2S/c1-10-7-12(15)5-6-14(10)20(18,19)17-13-4-2-3-11(8-13)9-16/h2-8,17H,9,16H2,1H3. The van der Waals surface area contributed by atoms with Gasteiger partial charge in [0.15, 0.2) is 0 Å². The molecule has 0 heterocycles. The third kappa shape index (κ3) is 3.15. The van der Waals surface area contributed by atoms with Gasteiger partial charge < -0.3 is 5.73 Å². The molecule has 0 saturated carbocycles. The molecule has 0 aromatic heterocycles. The summed E-state index contributed by atoms with van der Waals surface area (Å²) >= 11 is 0. The van der Waals surface area contributed by atoms with Crippen molar-refractivity contribution in [3.8, 4) is 0 Å². The number of benzene rings is 2. The van der Waals surface area contributed by atoms with E-state index in [1.807, 2.05) is 0 Å². The van der Waals surface area contributed by atoms with E-state index in [9.17, 15) is 12.8 Å². The zero-order chi connectivity index (χ0) is 14.8. The predicted molar refractivity (Wildman–Crippen MR) is 76.3 cm³/mol. The molecule has 0 unspecified atom stereocenters. The van der Waals surface area contributed by atoms with Crippen LogP contribution in [0.5, 0.6) is 0 Å². The number of halogens is 1. The first-order chi connectivity index (χ1) is 9.42. The Balaban J connectivity index is 2.35. The van der Waals surface area contributed by atoms with Gasteiger partial charge in [0.05, 0.1) is 4.90 Å². The summed E-state index contributed by atoms with van der Waals surface area (Å²) in [4.78, 5) is 0.0528. The molecule has 0 atom stereocenters. The highest BCUT2D eigenvalue weighted by Crippen LogP contribution is 2.20. The molecule has 0 spiro atoms. The van der Waals surface area contributed by atoms with Crippen LogP contribution in [-0.4, -0.2) is 8.42 Å². The van der Waals surface area contributed by atoms with E-state index >= 15 is 0 Å². The van der Waals surface area contributed by atoms with Crippen LogP contribution in [-0.2, 0) is 16.6 Å². The maximum atomic E-state index is 13.0. The highest BCUT2D eigenvalue weighted by molar-refractivity contribution is 7.92. The van der Waals surface area contributed by atoms with Gasteiger partial charge in [-0.1, -0.05) is 12.1 Å². The molecule has 0 fully saturated rings. The van der Waals surface area contributed by atoms with Crippen LogP contribution in [0.1, 0.15) is 11.1 Å². The topological polar surface area (TPSA) is 72.2 Å². The van der Waals surface area contributed by atoms with E-state index in [0.717, 1.165) is 11.6 Å². The lowest BCUT2D eigenvalue weighted by Crippen LogP contribution is -2.14. The Hall–Kier alpha value is -1.92. The summed E-state index contributed by atoms with van der Waals surface area (Å²) in [5, 5.41) is 0. The molecule has 2 rings (SSSR count). The second-order valence-corrected chi connectivity index (χ2v) is 6.07. The number of hydrogen-bond donors (Lipinski definition) is 2. The van der Waals surface area contributed by atoms with Crippen molar-refractivity contribution in [1.29, 1.82) is 0 Å². The molecule has 0 aliphatic rings. The van der Waals surface area contributed by atoms with Crippen molar-refractivity contribution < 1.29 is 12.8 Å². The van der Waals surface area contributed by atoms with Crippen molar-refractivity contribution in [3.05, 3.63) is 59.4 Å². The minimum Gasteiger partial charge on any atom is -0.326 e. The fourth-order valence-corrected chi connectivity index (χ4v) is 3.16. The average molecular weight is 294 g/mol. The molecule has 0 bridgehead atoms. The Morgan fingerprint density at radius 2 is 1.95 bits per heavy atom. The quantitative estimate of drug-likeness (QED) is 0.909. The molecule has 20 heavy (non-hydrogen) atoms. The zero-order valence-corrected chi connectivity index (χ0v) is 11.7. The average Bonchev–Trinajstić information content (AvgIpc) is 2.37. The molecular weight excluding hydrogens is 279 g/mol. The van der Waals surface area contributed by atoms with Crippen molar-refractivity contribution in [1.82, 2.24) is 0 Å². The number of sulfonamides is 1. The first-order valence-electron chi connectivity index (χ1n) is 6.00. The molecule has 4 nitrogen and oxygen atoms in total. The molecule has 2 aromatic rings. The molecule has 0 saturated heterocycles. The van der Waals surface area contributed by atoms with Crippen molar-refractivity contribution in [2.24, 2.45) is 5.73 Å². The fraction of sp³-hybridized carbons (Fsp3) is 0.143. The summed E-state index contributed by atoms with van der Waals surface area (Å²) in [5.74, 6) is -0.466. The molecule has 0 amide bonds. The Labute approximate surface area is 117 Å². The van der Waals surface area contributed by atoms with Crippen LogP contribution in [0.2, 0.25) is 0 Å². The first kappa shape index (κ1) is 14.5. The first-order valence-corrected chi connectivity index (χ1v) is 7.48. The Kier molecular flexibility index (Phi) is 4.06. The highest BCUT2D eigenvalue weighted by Gasteiger charge is 2.17. The van der Waals surface area contributed by atoms with Crippen LogP contribution in [0.3, 0.4) is 0 Å². The van der Waals surface area contributed by atoms with Gasteiger partial charge in [-0.2, -0.15) is 0 Å². The van der Waals surface area contributed by atoms with Gasteiger partial charge in [-0.05, 0) is 48.4 Å². The van der Waals surface area contributed by atoms with E-state index in [4.69, 9.17) is 5.73 Å². The number of aryl methyl sites for hydroxylation is 1. The minimum atomic E-state index is -3.74. The SMILES string of the molecule is Cc1cc(F)ccc1S(=O)(=O)Nc1cccc(CN)c1. The lowest BCUT2D eigenvalue weighted by atomic mass is 10.2. The fourth-order valence-electron chi connectivity index (χ4n) is 1.89. The van der Waals surface area contributed by atoms with E-state index in [0.29, 0.717) is 17.8 Å². The molecule has 0 aliphatic heterocycles. The maximum Gasteiger partial charge on any atom is 0.262 e. The molecule has 3 N–H and O–H groups in total. The predicted octanol–water partition coefficient (Wildman–Crippen LogP) is 2.39. The van der Waals surface area contributed by atoms with Gasteiger partial charge in [-0.15, -0.1) is 0 Å². The van der Waals surface area contributed by atoms with E-state index in [2.05, 4.69) is 4.72 Å². The van der Waals surface area contributed by atoms with Crippen molar-refractivity contribution in [2.45, 2.75) is 18.4 Å². The van der Waals surface area contributed by atoms with Gasteiger partial charge in [0, 0.05) is 12.2 Å². The lowest BCUT2D eigenvalue weighted by molar-refractivity contribution is 0.598. The monoisotopic (exact) mass is 294 g/mol. The summed E-state index contributed by atoms with van der Waals surface area (Å²) in [6.45, 7) is 1.87. The van der Waals surface area contributed by atoms with Crippen molar-refractivity contribution >= 4 is 15.7 Å². The second-order valence-electron chi connectivity index (χ2n) is 4.42. The number of nitrogens with two attached hydrogens (primary N) is 1.